The highest BCUT2D eigenvalue weighted by molar-refractivity contribution is 5.71. The van der Waals surface area contributed by atoms with Crippen LogP contribution in [0.1, 0.15) is 12.8 Å². The Morgan fingerprint density at radius 1 is 1.18 bits per heavy atom. The predicted octanol–water partition coefficient (Wildman–Crippen LogP) is 0.0665. The summed E-state index contributed by atoms with van der Waals surface area (Å²) < 4.78 is 15.4. The van der Waals surface area contributed by atoms with Crippen molar-refractivity contribution in [3.63, 3.8) is 0 Å². The van der Waals surface area contributed by atoms with Crippen molar-refractivity contribution in [1.29, 1.82) is 0 Å². The van der Waals surface area contributed by atoms with E-state index in [-0.39, 0.29) is 12.4 Å². The Labute approximate surface area is 64.4 Å². The largest absolute Gasteiger partial charge is 0.465 e. The van der Waals surface area contributed by atoms with Crippen LogP contribution in [0, 0.1) is 0 Å². The smallest absolute Gasteiger partial charge is 0.311 e. The number of carbonyl (C=O) groups is 1. The van der Waals surface area contributed by atoms with Crippen LogP contribution in [0.5, 0.6) is 0 Å². The highest BCUT2D eigenvalue weighted by Gasteiger charge is 2.42. The summed E-state index contributed by atoms with van der Waals surface area (Å²) in [4.78, 5) is 10.8. The van der Waals surface area contributed by atoms with Gasteiger partial charge in [0.05, 0.1) is 26.2 Å². The van der Waals surface area contributed by atoms with Gasteiger partial charge in [0.2, 0.25) is 0 Å². The quantitative estimate of drug-likeness (QED) is 0.468. The molecule has 0 aliphatic carbocycles. The van der Waals surface area contributed by atoms with Gasteiger partial charge in [-0.15, -0.1) is 0 Å². The third-order valence-corrected chi connectivity index (χ3v) is 1.97. The molecule has 11 heavy (non-hydrogen) atoms. The molecule has 4 heteroatoms. The molecule has 1 spiro atoms. The SMILES string of the molecule is O=C1CC2(CCO1)OCCO2. The Bertz CT molecular complexity index is 171. The maximum absolute atomic E-state index is 10.8. The number of hydrogen-bond donors (Lipinski definition) is 0. The molecule has 2 heterocycles. The first-order valence-corrected chi connectivity index (χ1v) is 3.74. The summed E-state index contributed by atoms with van der Waals surface area (Å²) in [5.41, 5.74) is 0. The van der Waals surface area contributed by atoms with Gasteiger partial charge in [0.1, 0.15) is 0 Å². The van der Waals surface area contributed by atoms with Gasteiger partial charge < -0.3 is 14.2 Å². The second-order valence-corrected chi connectivity index (χ2v) is 2.75. The standard InChI is InChI=1S/C7H10O4/c8-6-5-7(1-2-9-6)10-3-4-11-7/h1-5H2. The van der Waals surface area contributed by atoms with E-state index < -0.39 is 5.79 Å². The molecule has 0 aromatic heterocycles. The number of esters is 1. The molecule has 0 N–H and O–H groups in total. The van der Waals surface area contributed by atoms with E-state index in [1.165, 1.54) is 0 Å². The summed E-state index contributed by atoms with van der Waals surface area (Å²) in [6, 6.07) is 0. The molecule has 2 rings (SSSR count). The van der Waals surface area contributed by atoms with Crippen LogP contribution in [-0.4, -0.2) is 31.6 Å². The molecule has 62 valence electrons. The second-order valence-electron chi connectivity index (χ2n) is 2.75. The van der Waals surface area contributed by atoms with Crippen LogP contribution in [0.15, 0.2) is 0 Å². The van der Waals surface area contributed by atoms with Crippen molar-refractivity contribution in [3.8, 4) is 0 Å². The number of carbonyl (C=O) groups excluding carboxylic acids is 1. The molecule has 2 saturated heterocycles. The Morgan fingerprint density at radius 3 is 2.55 bits per heavy atom. The maximum atomic E-state index is 10.8. The van der Waals surface area contributed by atoms with E-state index in [0.717, 1.165) is 0 Å². The molecule has 2 aliphatic rings. The zero-order chi connectivity index (χ0) is 7.73. The summed E-state index contributed by atoms with van der Waals surface area (Å²) in [6.45, 7) is 1.60. The topological polar surface area (TPSA) is 44.8 Å². The number of rotatable bonds is 0. The fourth-order valence-corrected chi connectivity index (χ4v) is 1.42. The van der Waals surface area contributed by atoms with Crippen molar-refractivity contribution < 1.29 is 19.0 Å². The molecule has 0 bridgehead atoms. The van der Waals surface area contributed by atoms with E-state index in [1.54, 1.807) is 0 Å². The molecule has 0 saturated carbocycles. The molecule has 0 atom stereocenters. The number of cyclic esters (lactones) is 1. The van der Waals surface area contributed by atoms with Gasteiger partial charge in [-0.3, -0.25) is 4.79 Å². The zero-order valence-electron chi connectivity index (χ0n) is 6.17. The van der Waals surface area contributed by atoms with E-state index in [2.05, 4.69) is 0 Å². The minimum absolute atomic E-state index is 0.224. The Kier molecular flexibility index (Phi) is 1.58. The normalized spacial score (nSPS) is 28.9. The lowest BCUT2D eigenvalue weighted by Crippen LogP contribution is -2.39. The van der Waals surface area contributed by atoms with Crippen LogP contribution in [0.25, 0.3) is 0 Å². The lowest BCUT2D eigenvalue weighted by atomic mass is 10.1. The predicted molar refractivity (Wildman–Crippen MR) is 34.8 cm³/mol. The van der Waals surface area contributed by atoms with Crippen molar-refractivity contribution in [2.24, 2.45) is 0 Å². The van der Waals surface area contributed by atoms with E-state index in [0.29, 0.717) is 26.2 Å². The minimum atomic E-state index is -0.630. The first-order chi connectivity index (χ1) is 5.31. The van der Waals surface area contributed by atoms with Crippen molar-refractivity contribution in [3.05, 3.63) is 0 Å². The van der Waals surface area contributed by atoms with Crippen LogP contribution in [-0.2, 0) is 19.0 Å². The lowest BCUT2D eigenvalue weighted by molar-refractivity contribution is -0.207. The Hall–Kier alpha value is -0.610. The molecule has 0 amide bonds. The first kappa shape index (κ1) is 7.06. The molecule has 2 aliphatic heterocycles. The zero-order valence-corrected chi connectivity index (χ0v) is 6.17. The number of hydrogen-bond acceptors (Lipinski definition) is 4. The van der Waals surface area contributed by atoms with Crippen LogP contribution >= 0.6 is 0 Å². The van der Waals surface area contributed by atoms with Crippen molar-refractivity contribution in [2.45, 2.75) is 18.6 Å². The molecule has 0 aromatic carbocycles. The summed E-state index contributed by atoms with van der Waals surface area (Å²) in [5.74, 6) is -0.854. The third kappa shape index (κ3) is 1.23. The van der Waals surface area contributed by atoms with Gasteiger partial charge >= 0.3 is 5.97 Å². The van der Waals surface area contributed by atoms with Gasteiger partial charge in [-0.25, -0.2) is 0 Å². The average Bonchev–Trinajstić information content (AvgIpc) is 2.37. The van der Waals surface area contributed by atoms with Crippen LogP contribution in [0.2, 0.25) is 0 Å². The van der Waals surface area contributed by atoms with Crippen LogP contribution < -0.4 is 0 Å². The molecule has 0 unspecified atom stereocenters. The van der Waals surface area contributed by atoms with Gasteiger partial charge in [0.25, 0.3) is 0 Å². The summed E-state index contributed by atoms with van der Waals surface area (Å²) in [5, 5.41) is 0. The first-order valence-electron chi connectivity index (χ1n) is 3.74. The van der Waals surface area contributed by atoms with Crippen LogP contribution in [0.3, 0.4) is 0 Å². The molecular weight excluding hydrogens is 148 g/mol. The third-order valence-electron chi connectivity index (χ3n) is 1.97. The van der Waals surface area contributed by atoms with Crippen molar-refractivity contribution in [1.82, 2.24) is 0 Å². The van der Waals surface area contributed by atoms with E-state index in [1.807, 2.05) is 0 Å². The summed E-state index contributed by atoms with van der Waals surface area (Å²) in [6.07, 6.45) is 0.908. The highest BCUT2D eigenvalue weighted by atomic mass is 16.7. The van der Waals surface area contributed by atoms with Gasteiger partial charge in [-0.2, -0.15) is 0 Å². The van der Waals surface area contributed by atoms with Gasteiger partial charge in [0, 0.05) is 6.42 Å². The minimum Gasteiger partial charge on any atom is -0.465 e. The highest BCUT2D eigenvalue weighted by Crippen LogP contribution is 2.30. The van der Waals surface area contributed by atoms with E-state index >= 15 is 0 Å². The fraction of sp³-hybridized carbons (Fsp3) is 0.857. The van der Waals surface area contributed by atoms with Gasteiger partial charge in [-0.05, 0) is 0 Å². The monoisotopic (exact) mass is 158 g/mol. The molecular formula is C7H10O4. The lowest BCUT2D eigenvalue weighted by Gasteiger charge is -2.29. The van der Waals surface area contributed by atoms with Gasteiger partial charge in [0.15, 0.2) is 5.79 Å². The maximum Gasteiger partial charge on any atom is 0.311 e. The Morgan fingerprint density at radius 2 is 1.91 bits per heavy atom. The summed E-state index contributed by atoms with van der Waals surface area (Å²) >= 11 is 0. The van der Waals surface area contributed by atoms with Crippen molar-refractivity contribution >= 4 is 5.97 Å². The molecule has 0 radical (unpaired) electrons. The van der Waals surface area contributed by atoms with Crippen LogP contribution in [0.4, 0.5) is 0 Å². The summed E-state index contributed by atoms with van der Waals surface area (Å²) in [7, 11) is 0. The number of ether oxygens (including phenoxy) is 3. The van der Waals surface area contributed by atoms with E-state index in [4.69, 9.17) is 14.2 Å². The molecule has 4 nitrogen and oxygen atoms in total. The fourth-order valence-electron chi connectivity index (χ4n) is 1.42. The Balaban J connectivity index is 2.05. The van der Waals surface area contributed by atoms with E-state index in [9.17, 15) is 4.79 Å². The molecule has 2 fully saturated rings. The average molecular weight is 158 g/mol. The van der Waals surface area contributed by atoms with Crippen molar-refractivity contribution in [2.75, 3.05) is 19.8 Å². The van der Waals surface area contributed by atoms with Gasteiger partial charge in [-0.1, -0.05) is 0 Å². The second kappa shape index (κ2) is 2.46. The molecule has 0 aromatic rings.